The largest absolute Gasteiger partial charge is 0.478 e. The Kier molecular flexibility index (Phi) is 7.29. The van der Waals surface area contributed by atoms with Crippen LogP contribution in [0.4, 0.5) is 8.78 Å². The SMILES string of the molecule is N#Cc1ccc(COc2cccc(-c3cnc(Cc4nc5ccc(C(=O)O)cc5n4C[C@@H]4CCO4)c(F)c3)n2)c(F)c1. The van der Waals surface area contributed by atoms with Crippen LogP contribution in [0.1, 0.15) is 39.4 Å². The zero-order chi connectivity index (χ0) is 29.2. The zero-order valence-corrected chi connectivity index (χ0v) is 22.1. The molecule has 0 spiro atoms. The molecule has 0 radical (unpaired) electrons. The Morgan fingerprint density at radius 3 is 2.69 bits per heavy atom. The molecule has 1 fully saturated rings. The maximum atomic E-state index is 15.4. The first-order valence-electron chi connectivity index (χ1n) is 13.1. The van der Waals surface area contributed by atoms with Gasteiger partial charge in [0.25, 0.3) is 0 Å². The second-order valence-corrected chi connectivity index (χ2v) is 9.83. The number of imidazole rings is 1. The molecule has 4 heterocycles. The van der Waals surface area contributed by atoms with Crippen molar-refractivity contribution in [3.63, 3.8) is 0 Å². The van der Waals surface area contributed by atoms with Gasteiger partial charge in [-0.1, -0.05) is 12.1 Å². The van der Waals surface area contributed by atoms with E-state index in [0.29, 0.717) is 41.3 Å². The van der Waals surface area contributed by atoms with Gasteiger partial charge in [-0.25, -0.2) is 23.5 Å². The van der Waals surface area contributed by atoms with Gasteiger partial charge in [0.15, 0.2) is 0 Å². The third-order valence-corrected chi connectivity index (χ3v) is 7.07. The summed E-state index contributed by atoms with van der Waals surface area (Å²) in [7, 11) is 0. The van der Waals surface area contributed by atoms with E-state index in [-0.39, 0.29) is 47.4 Å². The minimum atomic E-state index is -1.04. The summed E-state index contributed by atoms with van der Waals surface area (Å²) >= 11 is 0. The number of carboxylic acids is 1. The van der Waals surface area contributed by atoms with Crippen LogP contribution in [-0.2, 0) is 24.3 Å². The number of nitrogens with zero attached hydrogens (tertiary/aromatic N) is 5. The maximum Gasteiger partial charge on any atom is 0.335 e. The predicted octanol–water partition coefficient (Wildman–Crippen LogP) is 5.30. The minimum Gasteiger partial charge on any atom is -0.478 e. The number of carbonyl (C=O) groups is 1. The van der Waals surface area contributed by atoms with Gasteiger partial charge in [0, 0.05) is 30.0 Å². The fourth-order valence-electron chi connectivity index (χ4n) is 4.70. The minimum absolute atomic E-state index is 0.0243. The second kappa shape index (κ2) is 11.3. The van der Waals surface area contributed by atoms with Crippen molar-refractivity contribution in [3.05, 3.63) is 107 Å². The highest BCUT2D eigenvalue weighted by Gasteiger charge is 2.23. The van der Waals surface area contributed by atoms with Crippen LogP contribution in [0.15, 0.2) is 66.9 Å². The van der Waals surface area contributed by atoms with Crippen molar-refractivity contribution in [3.8, 4) is 23.2 Å². The molecule has 1 aliphatic heterocycles. The third kappa shape index (κ3) is 5.53. The lowest BCUT2D eigenvalue weighted by Crippen LogP contribution is -2.31. The highest BCUT2D eigenvalue weighted by Crippen LogP contribution is 2.26. The lowest BCUT2D eigenvalue weighted by atomic mass is 10.1. The molecule has 2 aromatic carbocycles. The second-order valence-electron chi connectivity index (χ2n) is 9.83. The number of hydrogen-bond acceptors (Lipinski definition) is 7. The zero-order valence-electron chi connectivity index (χ0n) is 22.1. The number of pyridine rings is 2. The number of aromatic nitrogens is 4. The van der Waals surface area contributed by atoms with Gasteiger partial charge in [-0.3, -0.25) is 4.98 Å². The van der Waals surface area contributed by atoms with Crippen LogP contribution in [0.25, 0.3) is 22.3 Å². The molecule has 0 amide bonds. The summed E-state index contributed by atoms with van der Waals surface area (Å²) in [5.41, 5.74) is 2.88. The predicted molar refractivity (Wildman–Crippen MR) is 147 cm³/mol. The first kappa shape index (κ1) is 27.0. The van der Waals surface area contributed by atoms with Gasteiger partial charge in [0.1, 0.15) is 24.1 Å². The standard InChI is InChI=1S/C31H23F2N5O4/c32-23-10-18(14-34)4-5-20(23)17-42-30-3-1-2-25(37-30)21-11-24(33)27(35-15-21)13-29-36-26-7-6-19(31(39)40)12-28(26)38(29)16-22-8-9-41-22/h1-7,10-12,15,22H,8-9,13,16-17H2,(H,39,40)/t22-/m0/s1. The van der Waals surface area contributed by atoms with E-state index in [4.69, 9.17) is 14.7 Å². The quantitative estimate of drug-likeness (QED) is 0.255. The molecule has 6 rings (SSSR count). The van der Waals surface area contributed by atoms with Crippen molar-refractivity contribution in [2.24, 2.45) is 0 Å². The summed E-state index contributed by atoms with van der Waals surface area (Å²) in [6, 6.07) is 17.0. The van der Waals surface area contributed by atoms with Crippen molar-refractivity contribution in [2.75, 3.05) is 6.61 Å². The molecule has 11 heteroatoms. The summed E-state index contributed by atoms with van der Waals surface area (Å²) in [5.74, 6) is -1.38. The molecule has 9 nitrogen and oxygen atoms in total. The van der Waals surface area contributed by atoms with Crippen molar-refractivity contribution in [1.82, 2.24) is 19.5 Å². The Labute approximate surface area is 238 Å². The molecule has 1 atom stereocenters. The van der Waals surface area contributed by atoms with Crippen LogP contribution in [0.2, 0.25) is 0 Å². The molecular formula is C31H23F2N5O4. The van der Waals surface area contributed by atoms with E-state index < -0.39 is 17.6 Å². The van der Waals surface area contributed by atoms with Gasteiger partial charge < -0.3 is 19.1 Å². The monoisotopic (exact) mass is 567 g/mol. The number of fused-ring (bicyclic) bond motifs is 1. The average molecular weight is 568 g/mol. The number of halogens is 2. The Morgan fingerprint density at radius 1 is 1.12 bits per heavy atom. The number of benzene rings is 2. The van der Waals surface area contributed by atoms with E-state index in [2.05, 4.69) is 15.0 Å². The third-order valence-electron chi connectivity index (χ3n) is 7.07. The molecule has 0 aliphatic carbocycles. The first-order chi connectivity index (χ1) is 20.4. The van der Waals surface area contributed by atoms with Crippen LogP contribution in [0.5, 0.6) is 5.88 Å². The fourth-order valence-corrected chi connectivity index (χ4v) is 4.70. The Morgan fingerprint density at radius 2 is 1.98 bits per heavy atom. The molecule has 3 aromatic heterocycles. The van der Waals surface area contributed by atoms with E-state index in [1.54, 1.807) is 30.3 Å². The van der Waals surface area contributed by atoms with E-state index in [1.807, 2.05) is 10.6 Å². The van der Waals surface area contributed by atoms with Crippen molar-refractivity contribution >= 4 is 17.0 Å². The molecule has 42 heavy (non-hydrogen) atoms. The highest BCUT2D eigenvalue weighted by molar-refractivity contribution is 5.92. The van der Waals surface area contributed by atoms with Gasteiger partial charge in [-0.15, -0.1) is 0 Å². The molecule has 5 aromatic rings. The smallest absolute Gasteiger partial charge is 0.335 e. The molecule has 0 saturated carbocycles. The van der Waals surface area contributed by atoms with Gasteiger partial charge in [0.05, 0.1) is 58.7 Å². The molecule has 0 bridgehead atoms. The normalized spacial score (nSPS) is 14.4. The van der Waals surface area contributed by atoms with Crippen LogP contribution in [0.3, 0.4) is 0 Å². The molecule has 0 unspecified atom stereocenters. The van der Waals surface area contributed by atoms with Crippen LogP contribution in [0, 0.1) is 23.0 Å². The summed E-state index contributed by atoms with van der Waals surface area (Å²) in [5, 5.41) is 18.4. The van der Waals surface area contributed by atoms with Crippen LogP contribution in [-0.4, -0.2) is 43.3 Å². The highest BCUT2D eigenvalue weighted by atomic mass is 19.1. The van der Waals surface area contributed by atoms with E-state index >= 15 is 4.39 Å². The number of carboxylic acid groups (broad SMARTS) is 1. The molecule has 1 N–H and O–H groups in total. The fraction of sp³-hybridized carbons (Fsp3) is 0.194. The number of hydrogen-bond donors (Lipinski definition) is 1. The van der Waals surface area contributed by atoms with Gasteiger partial charge in [-0.2, -0.15) is 5.26 Å². The molecule has 210 valence electrons. The van der Waals surface area contributed by atoms with Gasteiger partial charge in [-0.05, 0) is 48.9 Å². The van der Waals surface area contributed by atoms with Crippen LogP contribution >= 0.6 is 0 Å². The van der Waals surface area contributed by atoms with E-state index in [9.17, 15) is 14.3 Å². The summed E-state index contributed by atoms with van der Waals surface area (Å²) in [4.78, 5) is 25.0. The molecular weight excluding hydrogens is 544 g/mol. The average Bonchev–Trinajstić information content (AvgIpc) is 3.31. The number of rotatable bonds is 9. The number of nitriles is 1. The Hall–Kier alpha value is -5.21. The molecule has 1 aliphatic rings. The van der Waals surface area contributed by atoms with E-state index in [1.165, 1.54) is 30.5 Å². The lowest BCUT2D eigenvalue weighted by molar-refractivity contribution is -0.0589. The van der Waals surface area contributed by atoms with Gasteiger partial charge >= 0.3 is 5.97 Å². The van der Waals surface area contributed by atoms with Crippen LogP contribution < -0.4 is 4.74 Å². The summed E-state index contributed by atoms with van der Waals surface area (Å²) in [6.45, 7) is 1.04. The summed E-state index contributed by atoms with van der Waals surface area (Å²) < 4.78 is 42.7. The topological polar surface area (TPSA) is 123 Å². The maximum absolute atomic E-state index is 15.4. The summed E-state index contributed by atoms with van der Waals surface area (Å²) in [6.07, 6.45) is 2.44. The first-order valence-corrected chi connectivity index (χ1v) is 13.1. The molecule has 1 saturated heterocycles. The van der Waals surface area contributed by atoms with Crippen molar-refractivity contribution < 1.29 is 28.2 Å². The van der Waals surface area contributed by atoms with E-state index in [0.717, 1.165) is 12.5 Å². The Balaban J connectivity index is 1.23. The van der Waals surface area contributed by atoms with Crippen molar-refractivity contribution in [1.29, 1.82) is 5.26 Å². The lowest BCUT2D eigenvalue weighted by Gasteiger charge is -2.27. The van der Waals surface area contributed by atoms with Gasteiger partial charge in [0.2, 0.25) is 5.88 Å². The van der Waals surface area contributed by atoms with Crippen molar-refractivity contribution in [2.45, 2.75) is 32.1 Å². The Bertz CT molecular complexity index is 1860. The number of aromatic carboxylic acids is 1. The number of ether oxygens (including phenoxy) is 2.